The van der Waals surface area contributed by atoms with Crippen molar-refractivity contribution >= 4 is 34.6 Å². The Hall–Kier alpha value is -4.44. The predicted octanol–water partition coefficient (Wildman–Crippen LogP) is 3.60. The average Bonchev–Trinajstić information content (AvgIpc) is 3.04. The fourth-order valence-corrected chi connectivity index (χ4v) is 5.67. The van der Waals surface area contributed by atoms with Crippen LogP contribution in [-0.2, 0) is 32.1 Å². The summed E-state index contributed by atoms with van der Waals surface area (Å²) in [6.07, 6.45) is 1.57. The van der Waals surface area contributed by atoms with Gasteiger partial charge in [0.25, 0.3) is 0 Å². The lowest BCUT2D eigenvalue weighted by Gasteiger charge is -2.28. The number of hydrogen-bond donors (Lipinski definition) is 5. The molecule has 0 bridgehead atoms. The average molecular weight is 617 g/mol. The molecule has 10 nitrogen and oxygen atoms in total. The first-order valence-electron chi connectivity index (χ1n) is 15.7. The summed E-state index contributed by atoms with van der Waals surface area (Å²) in [5, 5.41) is 23.2. The Bertz CT molecular complexity index is 1440. The maximum Gasteiger partial charge on any atom is 0.408 e. The Labute approximate surface area is 264 Å². The van der Waals surface area contributed by atoms with Crippen LogP contribution in [0.3, 0.4) is 0 Å². The minimum Gasteiger partial charge on any atom is -0.445 e. The molecule has 0 aromatic heterocycles. The lowest BCUT2D eigenvalue weighted by molar-refractivity contribution is -0.131. The van der Waals surface area contributed by atoms with E-state index in [2.05, 4.69) is 21.3 Å². The minimum atomic E-state index is -1.04. The monoisotopic (exact) mass is 616 g/mol. The van der Waals surface area contributed by atoms with E-state index in [0.29, 0.717) is 25.8 Å². The van der Waals surface area contributed by atoms with Gasteiger partial charge >= 0.3 is 6.09 Å². The van der Waals surface area contributed by atoms with E-state index in [1.54, 1.807) is 0 Å². The summed E-state index contributed by atoms with van der Waals surface area (Å²) in [6.45, 7) is 4.21. The zero-order chi connectivity index (χ0) is 32.2. The third-order valence-electron chi connectivity index (χ3n) is 8.00. The number of carbonyl (C=O) groups is 4. The third-order valence-corrected chi connectivity index (χ3v) is 8.00. The maximum atomic E-state index is 13.8. The molecule has 240 valence electrons. The van der Waals surface area contributed by atoms with Gasteiger partial charge in [-0.2, -0.15) is 0 Å². The van der Waals surface area contributed by atoms with E-state index in [4.69, 9.17) is 4.74 Å². The molecule has 0 aliphatic carbocycles. The number of aliphatic hydroxyl groups is 1. The van der Waals surface area contributed by atoms with Crippen LogP contribution in [0.2, 0.25) is 0 Å². The van der Waals surface area contributed by atoms with Gasteiger partial charge in [-0.05, 0) is 53.5 Å². The molecule has 3 aromatic rings. The molecule has 0 spiro atoms. The van der Waals surface area contributed by atoms with Gasteiger partial charge < -0.3 is 31.1 Å². The highest BCUT2D eigenvalue weighted by atomic mass is 16.5. The molecule has 4 atom stereocenters. The van der Waals surface area contributed by atoms with Crippen LogP contribution in [0.25, 0.3) is 10.8 Å². The van der Waals surface area contributed by atoms with Gasteiger partial charge in [0.2, 0.25) is 17.7 Å². The van der Waals surface area contributed by atoms with Gasteiger partial charge in [0.15, 0.2) is 0 Å². The molecular formula is C35H44N4O6. The second-order valence-corrected chi connectivity index (χ2v) is 12.0. The van der Waals surface area contributed by atoms with Gasteiger partial charge in [-0.3, -0.25) is 14.4 Å². The van der Waals surface area contributed by atoms with Gasteiger partial charge in [0.1, 0.15) is 18.7 Å². The Morgan fingerprint density at radius 1 is 0.911 bits per heavy atom. The molecule has 5 N–H and O–H groups in total. The minimum absolute atomic E-state index is 0.0369. The summed E-state index contributed by atoms with van der Waals surface area (Å²) in [6, 6.07) is 20.2. The molecule has 4 rings (SSSR count). The molecule has 0 saturated carbocycles. The second kappa shape index (κ2) is 16.6. The topological polar surface area (TPSA) is 146 Å². The van der Waals surface area contributed by atoms with Crippen molar-refractivity contribution < 1.29 is 29.0 Å². The van der Waals surface area contributed by atoms with Crippen LogP contribution < -0.4 is 21.3 Å². The van der Waals surface area contributed by atoms with Gasteiger partial charge in [0, 0.05) is 18.9 Å². The van der Waals surface area contributed by atoms with Gasteiger partial charge in [-0.25, -0.2) is 4.79 Å². The van der Waals surface area contributed by atoms with E-state index < -0.39 is 36.0 Å². The van der Waals surface area contributed by atoms with Crippen LogP contribution in [0.5, 0.6) is 0 Å². The summed E-state index contributed by atoms with van der Waals surface area (Å²) in [5.74, 6) is -1.32. The summed E-state index contributed by atoms with van der Waals surface area (Å²) < 4.78 is 5.43. The molecule has 0 radical (unpaired) electrons. The van der Waals surface area contributed by atoms with Gasteiger partial charge in [-0.1, -0.05) is 86.6 Å². The number of hydrogen-bond acceptors (Lipinski definition) is 6. The van der Waals surface area contributed by atoms with E-state index in [1.165, 1.54) is 0 Å². The standard InChI is InChI=1S/C35H44N4O6/c1-23(2)18-30(33(42)37-28(21-40)19-27-15-9-17-36-32(27)41)38-34(43)31(39-35(44)45-22-24-10-4-3-5-11-24)20-26-14-8-13-25-12-6-7-16-29(25)26/h3-8,10-14,16,23,27-28,30-31,40H,9,15,17-22H2,1-2H3,(H,36,41)(H,37,42)(H,38,43)(H,39,44)/t27-,28-,30-,31+/m0/s1. The predicted molar refractivity (Wildman–Crippen MR) is 172 cm³/mol. The number of rotatable bonds is 14. The van der Waals surface area contributed by atoms with Crippen molar-refractivity contribution in [3.05, 3.63) is 83.9 Å². The Morgan fingerprint density at radius 3 is 2.36 bits per heavy atom. The van der Waals surface area contributed by atoms with Crippen LogP contribution in [0, 0.1) is 11.8 Å². The highest BCUT2D eigenvalue weighted by molar-refractivity contribution is 5.92. The van der Waals surface area contributed by atoms with Crippen LogP contribution in [0.4, 0.5) is 4.79 Å². The number of carbonyl (C=O) groups excluding carboxylic acids is 4. The highest BCUT2D eigenvalue weighted by Crippen LogP contribution is 2.21. The second-order valence-electron chi connectivity index (χ2n) is 12.0. The first-order valence-corrected chi connectivity index (χ1v) is 15.7. The molecule has 3 aromatic carbocycles. The summed E-state index contributed by atoms with van der Waals surface area (Å²) in [7, 11) is 0. The molecule has 1 heterocycles. The molecule has 0 unspecified atom stereocenters. The largest absolute Gasteiger partial charge is 0.445 e. The van der Waals surface area contributed by atoms with Gasteiger partial charge in [0.05, 0.1) is 12.6 Å². The van der Waals surface area contributed by atoms with Gasteiger partial charge in [-0.15, -0.1) is 0 Å². The summed E-state index contributed by atoms with van der Waals surface area (Å²) >= 11 is 0. The van der Waals surface area contributed by atoms with Crippen molar-refractivity contribution in [1.29, 1.82) is 0 Å². The van der Waals surface area contributed by atoms with Crippen LogP contribution in [0.15, 0.2) is 72.8 Å². The number of nitrogens with one attached hydrogen (secondary N) is 4. The molecule has 45 heavy (non-hydrogen) atoms. The number of amides is 4. The quantitative estimate of drug-likeness (QED) is 0.187. The van der Waals surface area contributed by atoms with Crippen molar-refractivity contribution in [2.24, 2.45) is 11.8 Å². The summed E-state index contributed by atoms with van der Waals surface area (Å²) in [4.78, 5) is 52.5. The molecule has 4 amide bonds. The van der Waals surface area contributed by atoms with Crippen LogP contribution in [0.1, 0.15) is 50.7 Å². The Kier molecular flexibility index (Phi) is 12.3. The molecule has 1 saturated heterocycles. The van der Waals surface area contributed by atoms with Crippen molar-refractivity contribution in [2.75, 3.05) is 13.2 Å². The summed E-state index contributed by atoms with van der Waals surface area (Å²) in [5.41, 5.74) is 1.66. The van der Waals surface area contributed by atoms with Crippen molar-refractivity contribution in [3.63, 3.8) is 0 Å². The number of benzene rings is 3. The Morgan fingerprint density at radius 2 is 1.62 bits per heavy atom. The molecule has 10 heteroatoms. The fourth-order valence-electron chi connectivity index (χ4n) is 5.67. The van der Waals surface area contributed by atoms with E-state index in [0.717, 1.165) is 28.3 Å². The normalized spacial score (nSPS) is 16.7. The van der Waals surface area contributed by atoms with Crippen molar-refractivity contribution in [1.82, 2.24) is 21.3 Å². The first kappa shape index (κ1) is 33.5. The lowest BCUT2D eigenvalue weighted by Crippen LogP contribution is -2.56. The number of aliphatic hydroxyl groups excluding tert-OH is 1. The molecular weight excluding hydrogens is 572 g/mol. The number of fused-ring (bicyclic) bond motifs is 1. The number of ether oxygens (including phenoxy) is 1. The van der Waals surface area contributed by atoms with E-state index >= 15 is 0 Å². The highest BCUT2D eigenvalue weighted by Gasteiger charge is 2.31. The molecule has 1 fully saturated rings. The Balaban J connectivity index is 1.50. The smallest absolute Gasteiger partial charge is 0.408 e. The van der Waals surface area contributed by atoms with Crippen molar-refractivity contribution in [2.45, 2.75) is 70.7 Å². The number of alkyl carbamates (subject to hydrolysis) is 1. The molecule has 1 aliphatic heterocycles. The zero-order valence-corrected chi connectivity index (χ0v) is 26.0. The van der Waals surface area contributed by atoms with E-state index in [9.17, 15) is 24.3 Å². The fraction of sp³-hybridized carbons (Fsp3) is 0.429. The lowest BCUT2D eigenvalue weighted by atomic mass is 9.91. The van der Waals surface area contributed by atoms with E-state index in [1.807, 2.05) is 86.6 Å². The maximum absolute atomic E-state index is 13.8. The number of piperidine rings is 1. The van der Waals surface area contributed by atoms with E-state index in [-0.39, 0.29) is 37.4 Å². The van der Waals surface area contributed by atoms with Crippen LogP contribution in [-0.4, -0.2) is 60.2 Å². The molecule has 1 aliphatic rings. The SMILES string of the molecule is CC(C)C[C@H](NC(=O)[C@@H](Cc1cccc2ccccc12)NC(=O)OCc1ccccc1)C(=O)N[C@H](CO)C[C@@H]1CCCNC1=O. The van der Waals surface area contributed by atoms with Crippen LogP contribution >= 0.6 is 0 Å². The third kappa shape index (κ3) is 10.0. The van der Waals surface area contributed by atoms with Crippen molar-refractivity contribution in [3.8, 4) is 0 Å². The zero-order valence-electron chi connectivity index (χ0n) is 26.0. The first-order chi connectivity index (χ1) is 21.7.